The molecule has 0 aliphatic carbocycles. The SMILES string of the molecule is COc1ccccc1/C=N\NC(=O)C(=O)Nc1ccccc1C(=O)Nc1cccc(C)c1. The number of amides is 3. The van der Waals surface area contributed by atoms with Crippen molar-refractivity contribution in [3.05, 3.63) is 89.5 Å². The summed E-state index contributed by atoms with van der Waals surface area (Å²) in [5.74, 6) is -1.78. The Hall–Kier alpha value is -4.46. The zero-order valence-electron chi connectivity index (χ0n) is 17.6. The number of rotatable bonds is 6. The van der Waals surface area contributed by atoms with Gasteiger partial charge in [-0.1, -0.05) is 36.4 Å². The van der Waals surface area contributed by atoms with Crippen LogP contribution in [0.1, 0.15) is 21.5 Å². The lowest BCUT2D eigenvalue weighted by molar-refractivity contribution is -0.136. The Kier molecular flexibility index (Phi) is 7.32. The molecule has 0 bridgehead atoms. The summed E-state index contributed by atoms with van der Waals surface area (Å²) >= 11 is 0. The molecule has 0 unspecified atom stereocenters. The van der Waals surface area contributed by atoms with E-state index in [9.17, 15) is 14.4 Å². The highest BCUT2D eigenvalue weighted by Gasteiger charge is 2.18. The quantitative estimate of drug-likeness (QED) is 0.317. The van der Waals surface area contributed by atoms with Crippen molar-refractivity contribution in [3.63, 3.8) is 0 Å². The first-order valence-electron chi connectivity index (χ1n) is 9.72. The van der Waals surface area contributed by atoms with Crippen LogP contribution in [0.25, 0.3) is 0 Å². The molecule has 0 saturated carbocycles. The lowest BCUT2D eigenvalue weighted by atomic mass is 10.1. The number of nitrogens with zero attached hydrogens (tertiary/aromatic N) is 1. The molecule has 0 spiro atoms. The lowest BCUT2D eigenvalue weighted by Gasteiger charge is -2.11. The summed E-state index contributed by atoms with van der Waals surface area (Å²) in [7, 11) is 1.52. The molecule has 8 heteroatoms. The van der Waals surface area contributed by atoms with Crippen LogP contribution < -0.4 is 20.8 Å². The van der Waals surface area contributed by atoms with Gasteiger partial charge in [0.2, 0.25) is 0 Å². The zero-order valence-corrected chi connectivity index (χ0v) is 17.6. The highest BCUT2D eigenvalue weighted by Crippen LogP contribution is 2.18. The van der Waals surface area contributed by atoms with Gasteiger partial charge in [-0.3, -0.25) is 14.4 Å². The fourth-order valence-corrected chi connectivity index (χ4v) is 2.87. The molecule has 162 valence electrons. The number of benzene rings is 3. The molecule has 3 rings (SSSR count). The highest BCUT2D eigenvalue weighted by atomic mass is 16.5. The molecule has 3 aromatic carbocycles. The number of ether oxygens (including phenoxy) is 1. The molecule has 0 aromatic heterocycles. The number of aryl methyl sites for hydroxylation is 1. The number of anilines is 2. The Morgan fingerprint density at radius 2 is 1.62 bits per heavy atom. The van der Waals surface area contributed by atoms with E-state index in [4.69, 9.17) is 4.74 Å². The van der Waals surface area contributed by atoms with Gasteiger partial charge >= 0.3 is 11.8 Å². The fraction of sp³-hybridized carbons (Fsp3) is 0.0833. The molecule has 0 fully saturated rings. The highest BCUT2D eigenvalue weighted by molar-refractivity contribution is 6.40. The number of hydrazone groups is 1. The van der Waals surface area contributed by atoms with Crippen molar-refractivity contribution >= 4 is 35.3 Å². The van der Waals surface area contributed by atoms with Crippen LogP contribution in [0.3, 0.4) is 0 Å². The van der Waals surface area contributed by atoms with Crippen LogP contribution >= 0.6 is 0 Å². The molecule has 3 N–H and O–H groups in total. The van der Waals surface area contributed by atoms with Gasteiger partial charge in [0.15, 0.2) is 0 Å². The molecular weight excluding hydrogens is 408 g/mol. The standard InChI is InChI=1S/C24H22N4O4/c1-16-8-7-10-18(14-16)26-22(29)19-11-4-5-12-20(19)27-23(30)24(31)28-25-15-17-9-3-6-13-21(17)32-2/h3-15H,1-2H3,(H,26,29)(H,27,30)(H,28,31)/b25-15-. The van der Waals surface area contributed by atoms with Crippen LogP contribution in [0.15, 0.2) is 77.9 Å². The number of hydrogen-bond donors (Lipinski definition) is 3. The van der Waals surface area contributed by atoms with Crippen LogP contribution in [0, 0.1) is 6.92 Å². The molecule has 0 heterocycles. The van der Waals surface area contributed by atoms with E-state index >= 15 is 0 Å². The summed E-state index contributed by atoms with van der Waals surface area (Å²) in [5, 5.41) is 9.02. The van der Waals surface area contributed by atoms with E-state index < -0.39 is 17.7 Å². The molecule has 8 nitrogen and oxygen atoms in total. The average molecular weight is 430 g/mol. The number of nitrogens with one attached hydrogen (secondary N) is 3. The van der Waals surface area contributed by atoms with Crippen molar-refractivity contribution in [3.8, 4) is 5.75 Å². The minimum atomic E-state index is -0.981. The van der Waals surface area contributed by atoms with Crippen molar-refractivity contribution in [2.24, 2.45) is 5.10 Å². The Balaban J connectivity index is 1.65. The molecule has 0 aliphatic rings. The summed E-state index contributed by atoms with van der Waals surface area (Å²) in [6, 6.07) is 20.8. The number of methoxy groups -OCH3 is 1. The minimum absolute atomic E-state index is 0.200. The summed E-state index contributed by atoms with van der Waals surface area (Å²) in [5.41, 5.74) is 4.83. The van der Waals surface area contributed by atoms with Gasteiger partial charge in [0.25, 0.3) is 5.91 Å². The predicted molar refractivity (Wildman–Crippen MR) is 123 cm³/mol. The third-order valence-electron chi connectivity index (χ3n) is 4.41. The van der Waals surface area contributed by atoms with Crippen LogP contribution in [0.2, 0.25) is 0 Å². The Morgan fingerprint density at radius 1 is 0.875 bits per heavy atom. The first-order valence-corrected chi connectivity index (χ1v) is 9.72. The van der Waals surface area contributed by atoms with Crippen molar-refractivity contribution < 1.29 is 19.1 Å². The predicted octanol–water partition coefficient (Wildman–Crippen LogP) is 3.34. The summed E-state index contributed by atoms with van der Waals surface area (Å²) in [6.07, 6.45) is 1.37. The number of hydrogen-bond acceptors (Lipinski definition) is 5. The van der Waals surface area contributed by atoms with Crippen molar-refractivity contribution in [2.75, 3.05) is 17.7 Å². The Labute approximate surface area is 185 Å². The zero-order chi connectivity index (χ0) is 22.9. The monoisotopic (exact) mass is 430 g/mol. The van der Waals surface area contributed by atoms with Gasteiger partial charge in [-0.2, -0.15) is 5.10 Å². The van der Waals surface area contributed by atoms with Crippen LogP contribution in [0.4, 0.5) is 11.4 Å². The topological polar surface area (TPSA) is 109 Å². The van der Waals surface area contributed by atoms with Crippen molar-refractivity contribution in [1.29, 1.82) is 0 Å². The molecule has 3 aromatic rings. The second-order valence-electron chi connectivity index (χ2n) is 6.76. The molecular formula is C24H22N4O4. The lowest BCUT2D eigenvalue weighted by Crippen LogP contribution is -2.33. The van der Waals surface area contributed by atoms with Crippen LogP contribution in [-0.4, -0.2) is 31.0 Å². The largest absolute Gasteiger partial charge is 0.496 e. The molecule has 0 aliphatic heterocycles. The second kappa shape index (κ2) is 10.5. The molecule has 0 saturated heterocycles. The van der Waals surface area contributed by atoms with Crippen LogP contribution in [-0.2, 0) is 9.59 Å². The smallest absolute Gasteiger partial charge is 0.329 e. The van der Waals surface area contributed by atoms with E-state index in [0.717, 1.165) is 5.56 Å². The van der Waals surface area contributed by atoms with Gasteiger partial charge in [0, 0.05) is 11.3 Å². The molecule has 3 amide bonds. The normalized spacial score (nSPS) is 10.4. The summed E-state index contributed by atoms with van der Waals surface area (Å²) in [6.45, 7) is 1.92. The van der Waals surface area contributed by atoms with Crippen LogP contribution in [0.5, 0.6) is 5.75 Å². The first-order chi connectivity index (χ1) is 15.5. The van der Waals surface area contributed by atoms with Gasteiger partial charge in [0.05, 0.1) is 24.6 Å². The first kappa shape index (κ1) is 22.2. The van der Waals surface area contributed by atoms with Gasteiger partial charge in [-0.05, 0) is 48.9 Å². The van der Waals surface area contributed by atoms with Gasteiger partial charge < -0.3 is 15.4 Å². The van der Waals surface area contributed by atoms with E-state index in [1.165, 1.54) is 19.4 Å². The number of carbonyl (C=O) groups excluding carboxylic acids is 3. The summed E-state index contributed by atoms with van der Waals surface area (Å²) < 4.78 is 5.19. The third-order valence-corrected chi connectivity index (χ3v) is 4.41. The Morgan fingerprint density at radius 3 is 2.41 bits per heavy atom. The number of para-hydroxylation sites is 2. The molecule has 32 heavy (non-hydrogen) atoms. The van der Waals surface area contributed by atoms with Crippen molar-refractivity contribution in [2.45, 2.75) is 6.92 Å². The van der Waals surface area contributed by atoms with E-state index in [1.54, 1.807) is 48.5 Å². The fourth-order valence-electron chi connectivity index (χ4n) is 2.87. The molecule has 0 radical (unpaired) electrons. The van der Waals surface area contributed by atoms with E-state index in [1.807, 2.05) is 25.1 Å². The van der Waals surface area contributed by atoms with E-state index in [0.29, 0.717) is 17.0 Å². The van der Waals surface area contributed by atoms with E-state index in [-0.39, 0.29) is 11.3 Å². The maximum Gasteiger partial charge on any atom is 0.329 e. The van der Waals surface area contributed by atoms with E-state index in [2.05, 4.69) is 21.2 Å². The van der Waals surface area contributed by atoms with Gasteiger partial charge in [-0.25, -0.2) is 5.43 Å². The van der Waals surface area contributed by atoms with Gasteiger partial charge in [-0.15, -0.1) is 0 Å². The molecule has 0 atom stereocenters. The maximum atomic E-state index is 12.7. The Bertz CT molecular complexity index is 1170. The second-order valence-corrected chi connectivity index (χ2v) is 6.76. The minimum Gasteiger partial charge on any atom is -0.496 e. The van der Waals surface area contributed by atoms with Crippen molar-refractivity contribution in [1.82, 2.24) is 5.43 Å². The average Bonchev–Trinajstić information content (AvgIpc) is 2.79. The third kappa shape index (κ3) is 5.79. The number of carbonyl (C=O) groups is 3. The summed E-state index contributed by atoms with van der Waals surface area (Å²) in [4.78, 5) is 37.1. The maximum absolute atomic E-state index is 12.7. The van der Waals surface area contributed by atoms with Gasteiger partial charge in [0.1, 0.15) is 5.75 Å².